The first-order valence-corrected chi connectivity index (χ1v) is 13.5. The summed E-state index contributed by atoms with van der Waals surface area (Å²) in [6.07, 6.45) is 25.8. The second-order valence-electron chi connectivity index (χ2n) is 9.51. The van der Waals surface area contributed by atoms with Gasteiger partial charge in [-0.3, -0.25) is 9.59 Å². The Morgan fingerprint density at radius 1 is 0.629 bits per heavy atom. The molecule has 0 spiro atoms. The number of hydrogen-bond donors (Lipinski definition) is 0. The number of fused-ring (bicyclic) bond motifs is 1. The van der Waals surface area contributed by atoms with E-state index in [1.807, 2.05) is 60.7 Å². The fourth-order valence-corrected chi connectivity index (χ4v) is 5.85. The molecule has 0 heterocycles. The molecule has 35 heavy (non-hydrogen) atoms. The van der Waals surface area contributed by atoms with E-state index in [4.69, 9.17) is 23.2 Å². The summed E-state index contributed by atoms with van der Waals surface area (Å²) in [6.45, 7) is 0. The van der Waals surface area contributed by atoms with Gasteiger partial charge in [0.1, 0.15) is 0 Å². The SMILES string of the molecule is O=C(Cl)c1ccc2c(C3CCCCCCCCCC3)c(C(=O)Cl)ccc2c1C1=CC=CC=CC=C1. The number of benzene rings is 2. The maximum Gasteiger partial charge on any atom is 0.253 e. The fraction of sp³-hybridized carbons (Fsp3) is 0.355. The Hall–Kier alpha value is -2.42. The van der Waals surface area contributed by atoms with Gasteiger partial charge in [-0.25, -0.2) is 0 Å². The Bertz CT molecular complexity index is 1200. The van der Waals surface area contributed by atoms with Crippen molar-refractivity contribution < 1.29 is 9.59 Å². The first-order valence-electron chi connectivity index (χ1n) is 12.8. The van der Waals surface area contributed by atoms with Crippen molar-refractivity contribution in [3.05, 3.63) is 89.1 Å². The van der Waals surface area contributed by atoms with Crippen LogP contribution in [0.2, 0.25) is 0 Å². The lowest BCUT2D eigenvalue weighted by Crippen LogP contribution is -2.08. The van der Waals surface area contributed by atoms with Crippen molar-refractivity contribution in [2.45, 2.75) is 70.1 Å². The monoisotopic (exact) mass is 506 g/mol. The molecule has 0 bridgehead atoms. The zero-order valence-corrected chi connectivity index (χ0v) is 21.6. The molecular formula is C31H32Cl2O2. The maximum atomic E-state index is 12.6. The third-order valence-corrected chi connectivity index (χ3v) is 7.62. The Kier molecular flexibility index (Phi) is 9.18. The summed E-state index contributed by atoms with van der Waals surface area (Å²) in [6, 6.07) is 7.52. The molecule has 2 nitrogen and oxygen atoms in total. The molecule has 2 aromatic rings. The van der Waals surface area contributed by atoms with Crippen LogP contribution >= 0.6 is 23.2 Å². The van der Waals surface area contributed by atoms with Gasteiger partial charge in [-0.15, -0.1) is 0 Å². The largest absolute Gasteiger partial charge is 0.276 e. The van der Waals surface area contributed by atoms with Crippen molar-refractivity contribution in [2.24, 2.45) is 0 Å². The summed E-state index contributed by atoms with van der Waals surface area (Å²) < 4.78 is 0. The van der Waals surface area contributed by atoms with E-state index in [9.17, 15) is 9.59 Å². The van der Waals surface area contributed by atoms with Gasteiger partial charge < -0.3 is 0 Å². The number of halogens is 2. The summed E-state index contributed by atoms with van der Waals surface area (Å²) in [4.78, 5) is 25.0. The lowest BCUT2D eigenvalue weighted by molar-refractivity contribution is 0.107. The quantitative estimate of drug-likeness (QED) is 0.386. The van der Waals surface area contributed by atoms with E-state index in [1.54, 1.807) is 6.07 Å². The molecule has 0 aromatic heterocycles. The number of allylic oxidation sites excluding steroid dienone is 8. The zero-order chi connectivity index (χ0) is 24.6. The van der Waals surface area contributed by atoms with Crippen LogP contribution in [-0.2, 0) is 0 Å². The second kappa shape index (κ2) is 12.5. The number of rotatable bonds is 4. The smallest absolute Gasteiger partial charge is 0.253 e. The zero-order valence-electron chi connectivity index (χ0n) is 20.1. The first kappa shape index (κ1) is 25.7. The summed E-state index contributed by atoms with van der Waals surface area (Å²) in [5.74, 6) is 0.254. The van der Waals surface area contributed by atoms with Crippen LogP contribution in [0.1, 0.15) is 102 Å². The van der Waals surface area contributed by atoms with Gasteiger partial charge in [0.05, 0.1) is 0 Å². The molecular weight excluding hydrogens is 475 g/mol. The standard InChI is InChI=1S/C31H32Cl2O2/c32-30(34)26-20-19-25-24(28(26)22-14-10-6-3-1-2-4-7-11-15-22)18-21-27(31(33)35)29(25)23-16-12-8-5-9-13-17-23/h5,8-9,12-13,16-22H,1-4,6-7,10-11,14-15H2. The molecule has 2 aliphatic carbocycles. The van der Waals surface area contributed by atoms with E-state index in [0.717, 1.165) is 53.2 Å². The average Bonchev–Trinajstić information content (AvgIpc) is 2.88. The summed E-state index contributed by atoms with van der Waals surface area (Å²) in [5, 5.41) is 1.00. The predicted octanol–water partition coefficient (Wildman–Crippen LogP) is 9.66. The van der Waals surface area contributed by atoms with Gasteiger partial charge in [0.15, 0.2) is 0 Å². The minimum Gasteiger partial charge on any atom is -0.276 e. The average molecular weight is 508 g/mol. The molecule has 0 unspecified atom stereocenters. The van der Waals surface area contributed by atoms with Gasteiger partial charge in [0, 0.05) is 16.7 Å². The molecule has 1 saturated carbocycles. The van der Waals surface area contributed by atoms with Crippen LogP contribution in [0.25, 0.3) is 16.3 Å². The molecule has 0 atom stereocenters. The molecule has 4 rings (SSSR count). The Morgan fingerprint density at radius 3 is 1.83 bits per heavy atom. The summed E-state index contributed by atoms with van der Waals surface area (Å²) in [7, 11) is 0. The first-order chi connectivity index (χ1) is 17.1. The molecule has 0 aliphatic heterocycles. The van der Waals surface area contributed by atoms with Gasteiger partial charge >= 0.3 is 0 Å². The Labute approximate surface area is 218 Å². The van der Waals surface area contributed by atoms with E-state index in [2.05, 4.69) is 0 Å². The van der Waals surface area contributed by atoms with Crippen molar-refractivity contribution in [3.63, 3.8) is 0 Å². The van der Waals surface area contributed by atoms with Crippen molar-refractivity contribution in [2.75, 3.05) is 0 Å². The van der Waals surface area contributed by atoms with E-state index >= 15 is 0 Å². The van der Waals surface area contributed by atoms with Crippen LogP contribution in [0.4, 0.5) is 0 Å². The van der Waals surface area contributed by atoms with Gasteiger partial charge in [0.25, 0.3) is 10.5 Å². The molecule has 182 valence electrons. The molecule has 0 radical (unpaired) electrons. The topological polar surface area (TPSA) is 34.1 Å². The molecule has 2 aromatic carbocycles. The summed E-state index contributed by atoms with van der Waals surface area (Å²) >= 11 is 12.2. The van der Waals surface area contributed by atoms with Gasteiger partial charge in [-0.1, -0.05) is 106 Å². The maximum absolute atomic E-state index is 12.6. The fourth-order valence-electron chi connectivity index (χ4n) is 5.52. The van der Waals surface area contributed by atoms with E-state index in [0.29, 0.717) is 11.1 Å². The highest BCUT2D eigenvalue weighted by molar-refractivity contribution is 6.68. The van der Waals surface area contributed by atoms with Gasteiger partial charge in [-0.2, -0.15) is 0 Å². The Balaban J connectivity index is 1.93. The van der Waals surface area contributed by atoms with Crippen LogP contribution in [0.15, 0.2) is 66.8 Å². The van der Waals surface area contributed by atoms with Crippen molar-refractivity contribution in [3.8, 4) is 0 Å². The van der Waals surface area contributed by atoms with Crippen LogP contribution in [0, 0.1) is 0 Å². The lowest BCUT2D eigenvalue weighted by atomic mass is 9.81. The number of hydrogen-bond acceptors (Lipinski definition) is 2. The third-order valence-electron chi connectivity index (χ3n) is 7.21. The molecule has 2 aliphatic rings. The normalized spacial score (nSPS) is 17.9. The predicted molar refractivity (Wildman–Crippen MR) is 149 cm³/mol. The van der Waals surface area contributed by atoms with Crippen LogP contribution in [-0.4, -0.2) is 10.5 Å². The van der Waals surface area contributed by atoms with Crippen LogP contribution in [0.5, 0.6) is 0 Å². The highest BCUT2D eigenvalue weighted by Crippen LogP contribution is 2.40. The second-order valence-corrected chi connectivity index (χ2v) is 10.2. The van der Waals surface area contributed by atoms with E-state index in [1.165, 1.54) is 38.5 Å². The minimum atomic E-state index is -0.494. The van der Waals surface area contributed by atoms with Crippen LogP contribution < -0.4 is 0 Å². The minimum absolute atomic E-state index is 0.254. The highest BCUT2D eigenvalue weighted by atomic mass is 35.5. The van der Waals surface area contributed by atoms with Gasteiger partial charge in [0.2, 0.25) is 0 Å². The third kappa shape index (κ3) is 6.23. The van der Waals surface area contributed by atoms with Crippen molar-refractivity contribution in [1.82, 2.24) is 0 Å². The Morgan fingerprint density at radius 2 is 1.17 bits per heavy atom. The molecule has 0 amide bonds. The van der Waals surface area contributed by atoms with E-state index < -0.39 is 10.5 Å². The highest BCUT2D eigenvalue weighted by Gasteiger charge is 2.24. The molecule has 0 saturated heterocycles. The summed E-state index contributed by atoms with van der Waals surface area (Å²) in [5.41, 5.74) is 3.78. The number of carbonyl (C=O) groups excluding carboxylic acids is 2. The number of carbonyl (C=O) groups is 2. The molecule has 0 N–H and O–H groups in total. The van der Waals surface area contributed by atoms with Crippen molar-refractivity contribution >= 4 is 50.0 Å². The molecule has 4 heteroatoms. The van der Waals surface area contributed by atoms with E-state index in [-0.39, 0.29) is 5.92 Å². The van der Waals surface area contributed by atoms with Gasteiger partial charge in [-0.05, 0) is 76.0 Å². The molecule has 1 fully saturated rings. The van der Waals surface area contributed by atoms with Crippen LogP contribution in [0.3, 0.4) is 0 Å². The lowest BCUT2D eigenvalue weighted by Gasteiger charge is -2.23. The van der Waals surface area contributed by atoms with Crippen molar-refractivity contribution in [1.29, 1.82) is 0 Å².